The Bertz CT molecular complexity index is 343. The van der Waals surface area contributed by atoms with E-state index in [1.54, 1.807) is 6.92 Å². The molecule has 0 saturated heterocycles. The van der Waals surface area contributed by atoms with Gasteiger partial charge in [0.2, 0.25) is 0 Å². The summed E-state index contributed by atoms with van der Waals surface area (Å²) in [4.78, 5) is 22.5. The van der Waals surface area contributed by atoms with Gasteiger partial charge in [-0.3, -0.25) is 9.59 Å². The Hall–Kier alpha value is -1.11. The first-order chi connectivity index (χ1) is 7.87. The Morgan fingerprint density at radius 2 is 1.59 bits per heavy atom. The molecule has 0 amide bonds. The molecule has 0 fully saturated rings. The van der Waals surface area contributed by atoms with Gasteiger partial charge in [-0.05, 0) is 12.8 Å². The lowest BCUT2D eigenvalue weighted by atomic mass is 10.0. The van der Waals surface area contributed by atoms with Gasteiger partial charge in [0.15, 0.2) is 5.92 Å². The highest BCUT2D eigenvalue weighted by atomic mass is 32.2. The highest BCUT2D eigenvalue weighted by Crippen LogP contribution is 2.12. The van der Waals surface area contributed by atoms with Crippen molar-refractivity contribution in [2.75, 3.05) is 25.7 Å². The van der Waals surface area contributed by atoms with Crippen molar-refractivity contribution < 1.29 is 27.5 Å². The van der Waals surface area contributed by atoms with Crippen molar-refractivity contribution >= 4 is 21.8 Å². The maximum absolute atomic E-state index is 11.3. The van der Waals surface area contributed by atoms with Crippen LogP contribution in [0.5, 0.6) is 0 Å². The van der Waals surface area contributed by atoms with Crippen LogP contribution in [0, 0.1) is 5.92 Å². The number of carbonyl (C=O) groups excluding carboxylic acids is 2. The number of esters is 2. The van der Waals surface area contributed by atoms with E-state index < -0.39 is 27.7 Å². The molecule has 0 saturated carbocycles. The second kappa shape index (κ2) is 7.26. The first-order valence-corrected chi connectivity index (χ1v) is 7.06. The zero-order valence-electron chi connectivity index (χ0n) is 10.3. The number of carbonyl (C=O) groups is 2. The standard InChI is InChI=1S/C10H18O6S/c1-4-17(13,14)7-5-6-8(9(11)15-2)10(12)16-3/h8H,4-7H2,1-3H3. The second-order valence-corrected chi connectivity index (χ2v) is 5.95. The van der Waals surface area contributed by atoms with Gasteiger partial charge in [0, 0.05) is 5.75 Å². The van der Waals surface area contributed by atoms with Crippen LogP contribution < -0.4 is 0 Å². The van der Waals surface area contributed by atoms with Crippen molar-refractivity contribution in [1.82, 2.24) is 0 Å². The van der Waals surface area contributed by atoms with Crippen LogP contribution in [-0.2, 0) is 28.9 Å². The number of rotatable bonds is 7. The molecule has 0 aromatic carbocycles. The molecule has 0 aromatic rings. The zero-order chi connectivity index (χ0) is 13.5. The molecule has 0 rings (SSSR count). The molecule has 0 spiro atoms. The second-order valence-electron chi connectivity index (χ2n) is 3.48. The molecule has 0 aromatic heterocycles. The van der Waals surface area contributed by atoms with Crippen LogP contribution in [0.1, 0.15) is 19.8 Å². The normalized spacial score (nSPS) is 11.3. The fourth-order valence-electron chi connectivity index (χ4n) is 1.27. The van der Waals surface area contributed by atoms with Crippen molar-refractivity contribution in [2.24, 2.45) is 5.92 Å². The third kappa shape index (κ3) is 5.67. The van der Waals surface area contributed by atoms with E-state index in [0.29, 0.717) is 0 Å². The Balaban J connectivity index is 4.38. The Morgan fingerprint density at radius 3 is 1.94 bits per heavy atom. The average Bonchev–Trinajstić information content (AvgIpc) is 2.32. The smallest absolute Gasteiger partial charge is 0.320 e. The molecule has 0 aliphatic heterocycles. The molecule has 7 heteroatoms. The Labute approximate surface area is 101 Å². The minimum atomic E-state index is -3.08. The highest BCUT2D eigenvalue weighted by Gasteiger charge is 2.28. The number of methoxy groups -OCH3 is 2. The first-order valence-electron chi connectivity index (χ1n) is 5.24. The molecule has 0 unspecified atom stereocenters. The van der Waals surface area contributed by atoms with E-state index in [2.05, 4.69) is 9.47 Å². The highest BCUT2D eigenvalue weighted by molar-refractivity contribution is 7.91. The topological polar surface area (TPSA) is 86.7 Å². The Morgan fingerprint density at radius 1 is 1.12 bits per heavy atom. The van der Waals surface area contributed by atoms with E-state index in [9.17, 15) is 18.0 Å². The number of hydrogen-bond acceptors (Lipinski definition) is 6. The molecule has 0 aliphatic carbocycles. The molecule has 0 radical (unpaired) electrons. The molecule has 17 heavy (non-hydrogen) atoms. The number of sulfone groups is 1. The molecule has 0 aliphatic rings. The van der Waals surface area contributed by atoms with Gasteiger partial charge in [-0.25, -0.2) is 8.42 Å². The third-order valence-corrected chi connectivity index (χ3v) is 4.15. The van der Waals surface area contributed by atoms with Crippen LogP contribution in [0.15, 0.2) is 0 Å². The molecule has 100 valence electrons. The van der Waals surface area contributed by atoms with Gasteiger partial charge in [-0.2, -0.15) is 0 Å². The predicted molar refractivity (Wildman–Crippen MR) is 61.1 cm³/mol. The molecule has 6 nitrogen and oxygen atoms in total. The summed E-state index contributed by atoms with van der Waals surface area (Å²) in [7, 11) is -0.749. The molecule has 0 N–H and O–H groups in total. The van der Waals surface area contributed by atoms with Crippen molar-refractivity contribution in [3.63, 3.8) is 0 Å². The van der Waals surface area contributed by atoms with E-state index in [1.165, 1.54) is 14.2 Å². The minimum Gasteiger partial charge on any atom is -0.468 e. The van der Waals surface area contributed by atoms with E-state index in [4.69, 9.17) is 0 Å². The van der Waals surface area contributed by atoms with E-state index in [0.717, 1.165) is 0 Å². The number of ether oxygens (including phenoxy) is 2. The van der Waals surface area contributed by atoms with E-state index >= 15 is 0 Å². The Kier molecular flexibility index (Phi) is 6.79. The SMILES string of the molecule is CCS(=O)(=O)CCCC(C(=O)OC)C(=O)OC. The van der Waals surface area contributed by atoms with Crippen LogP contribution in [-0.4, -0.2) is 46.1 Å². The van der Waals surface area contributed by atoms with Crippen LogP contribution in [0.25, 0.3) is 0 Å². The average molecular weight is 266 g/mol. The van der Waals surface area contributed by atoms with Gasteiger partial charge < -0.3 is 9.47 Å². The maximum atomic E-state index is 11.3. The van der Waals surface area contributed by atoms with Crippen LogP contribution in [0.4, 0.5) is 0 Å². The maximum Gasteiger partial charge on any atom is 0.320 e. The van der Waals surface area contributed by atoms with Gasteiger partial charge in [0.25, 0.3) is 0 Å². The lowest BCUT2D eigenvalue weighted by molar-refractivity contribution is -0.159. The van der Waals surface area contributed by atoms with Crippen LogP contribution in [0.3, 0.4) is 0 Å². The molecule has 0 bridgehead atoms. The van der Waals surface area contributed by atoms with Crippen molar-refractivity contribution in [3.05, 3.63) is 0 Å². The van der Waals surface area contributed by atoms with Crippen LogP contribution in [0.2, 0.25) is 0 Å². The van der Waals surface area contributed by atoms with E-state index in [-0.39, 0.29) is 24.3 Å². The summed E-state index contributed by atoms with van der Waals surface area (Å²) in [5.74, 6) is -2.45. The first kappa shape index (κ1) is 15.9. The van der Waals surface area contributed by atoms with Crippen molar-refractivity contribution in [3.8, 4) is 0 Å². The number of hydrogen-bond donors (Lipinski definition) is 0. The fourth-order valence-corrected chi connectivity index (χ4v) is 2.16. The summed E-state index contributed by atoms with van der Waals surface area (Å²) in [6, 6.07) is 0. The van der Waals surface area contributed by atoms with Crippen molar-refractivity contribution in [1.29, 1.82) is 0 Å². The van der Waals surface area contributed by atoms with Gasteiger partial charge in [-0.15, -0.1) is 0 Å². The summed E-state index contributed by atoms with van der Waals surface area (Å²) in [6.07, 6.45) is 0.337. The van der Waals surface area contributed by atoms with E-state index in [1.807, 2.05) is 0 Å². The van der Waals surface area contributed by atoms with Gasteiger partial charge in [0.05, 0.1) is 20.0 Å². The lowest BCUT2D eigenvalue weighted by Crippen LogP contribution is -2.27. The summed E-state index contributed by atoms with van der Waals surface area (Å²) < 4.78 is 31.4. The zero-order valence-corrected chi connectivity index (χ0v) is 11.1. The van der Waals surface area contributed by atoms with Gasteiger partial charge in [-0.1, -0.05) is 6.92 Å². The summed E-state index contributed by atoms with van der Waals surface area (Å²) in [5.41, 5.74) is 0. The fraction of sp³-hybridized carbons (Fsp3) is 0.800. The summed E-state index contributed by atoms with van der Waals surface area (Å²) in [6.45, 7) is 1.55. The third-order valence-electron chi connectivity index (χ3n) is 2.36. The monoisotopic (exact) mass is 266 g/mol. The lowest BCUT2D eigenvalue weighted by Gasteiger charge is -2.11. The summed E-state index contributed by atoms with van der Waals surface area (Å²) >= 11 is 0. The molecular formula is C10H18O6S. The van der Waals surface area contributed by atoms with Crippen molar-refractivity contribution in [2.45, 2.75) is 19.8 Å². The minimum absolute atomic E-state index is 0.0476. The van der Waals surface area contributed by atoms with Crippen LogP contribution >= 0.6 is 0 Å². The quantitative estimate of drug-likeness (QED) is 0.482. The molecular weight excluding hydrogens is 248 g/mol. The summed E-state index contributed by atoms with van der Waals surface area (Å²) in [5, 5.41) is 0. The largest absolute Gasteiger partial charge is 0.468 e. The predicted octanol–water partition coefficient (Wildman–Crippen LogP) is 0.163. The van der Waals surface area contributed by atoms with Gasteiger partial charge >= 0.3 is 11.9 Å². The molecule has 0 heterocycles. The molecule has 0 atom stereocenters. The van der Waals surface area contributed by atoms with Gasteiger partial charge in [0.1, 0.15) is 9.84 Å².